The lowest BCUT2D eigenvalue weighted by molar-refractivity contribution is -0.137. The van der Waals surface area contributed by atoms with E-state index in [4.69, 9.17) is 9.47 Å². The summed E-state index contributed by atoms with van der Waals surface area (Å²) in [6.07, 6.45) is 0.952. The lowest BCUT2D eigenvalue weighted by Gasteiger charge is -2.29. The van der Waals surface area contributed by atoms with Gasteiger partial charge in [0.25, 0.3) is 0 Å². The number of nitrogens with one attached hydrogen (secondary N) is 1. The minimum absolute atomic E-state index is 0.192. The number of ether oxygens (including phenoxy) is 2. The van der Waals surface area contributed by atoms with Crippen LogP contribution < -0.4 is 14.8 Å². The first-order chi connectivity index (χ1) is 9.63. The molecule has 2 amide bonds. The van der Waals surface area contributed by atoms with Crippen molar-refractivity contribution in [3.63, 3.8) is 0 Å². The van der Waals surface area contributed by atoms with Crippen molar-refractivity contribution in [2.75, 3.05) is 13.8 Å². The molecule has 2 aliphatic rings. The lowest BCUT2D eigenvalue weighted by Crippen LogP contribution is -2.50. The average molecular weight is 276 g/mol. The van der Waals surface area contributed by atoms with Gasteiger partial charge >= 0.3 is 0 Å². The molecule has 0 spiro atoms. The number of rotatable bonds is 3. The van der Waals surface area contributed by atoms with Crippen LogP contribution in [0.5, 0.6) is 11.5 Å². The second kappa shape index (κ2) is 5.13. The summed E-state index contributed by atoms with van der Waals surface area (Å²) in [6, 6.07) is 5.48. The molecule has 0 saturated carbocycles. The maximum Gasteiger partial charge on any atom is 0.243 e. The molecule has 20 heavy (non-hydrogen) atoms. The number of carbonyl (C=O) groups is 2. The van der Waals surface area contributed by atoms with Crippen LogP contribution in [-0.4, -0.2) is 36.6 Å². The fraction of sp³-hybridized carbons (Fsp3) is 0.429. The van der Waals surface area contributed by atoms with Crippen LogP contribution in [0.4, 0.5) is 0 Å². The number of benzene rings is 1. The van der Waals surface area contributed by atoms with Crippen LogP contribution >= 0.6 is 0 Å². The number of likely N-dealkylation sites (N-methyl/N-ethyl adjacent to an activating group) is 1. The van der Waals surface area contributed by atoms with Crippen LogP contribution in [0.15, 0.2) is 18.2 Å². The molecular formula is C14H16N2O4. The van der Waals surface area contributed by atoms with E-state index in [9.17, 15) is 9.59 Å². The van der Waals surface area contributed by atoms with Gasteiger partial charge in [-0.25, -0.2) is 0 Å². The van der Waals surface area contributed by atoms with Gasteiger partial charge in [-0.15, -0.1) is 0 Å². The van der Waals surface area contributed by atoms with Crippen molar-refractivity contribution in [1.82, 2.24) is 10.2 Å². The van der Waals surface area contributed by atoms with Gasteiger partial charge in [0.15, 0.2) is 11.5 Å². The van der Waals surface area contributed by atoms with Crippen LogP contribution in [0.3, 0.4) is 0 Å². The maximum absolute atomic E-state index is 11.8. The van der Waals surface area contributed by atoms with Gasteiger partial charge in [-0.05, 0) is 31.2 Å². The Hall–Kier alpha value is -2.08. The lowest BCUT2D eigenvalue weighted by atomic mass is 10.0. The Balaban J connectivity index is 1.68. The minimum atomic E-state index is -0.266. The second-order valence-electron chi connectivity index (χ2n) is 5.07. The highest BCUT2D eigenvalue weighted by Crippen LogP contribution is 2.32. The summed E-state index contributed by atoms with van der Waals surface area (Å²) in [7, 11) is 1.88. The van der Waals surface area contributed by atoms with Crippen LogP contribution in [-0.2, 0) is 16.1 Å². The first-order valence-corrected chi connectivity index (χ1v) is 6.56. The zero-order valence-electron chi connectivity index (χ0n) is 11.2. The van der Waals surface area contributed by atoms with Crippen LogP contribution in [0.1, 0.15) is 18.4 Å². The van der Waals surface area contributed by atoms with Crippen molar-refractivity contribution in [2.24, 2.45) is 0 Å². The van der Waals surface area contributed by atoms with E-state index in [0.717, 1.165) is 17.1 Å². The van der Waals surface area contributed by atoms with Crippen LogP contribution in [0, 0.1) is 0 Å². The molecule has 0 radical (unpaired) electrons. The van der Waals surface area contributed by atoms with E-state index >= 15 is 0 Å². The highest BCUT2D eigenvalue weighted by molar-refractivity contribution is 6.00. The number of imide groups is 1. The van der Waals surface area contributed by atoms with E-state index in [2.05, 4.69) is 5.32 Å². The van der Waals surface area contributed by atoms with Crippen LogP contribution in [0.2, 0.25) is 0 Å². The average Bonchev–Trinajstić information content (AvgIpc) is 2.85. The molecule has 0 bridgehead atoms. The van der Waals surface area contributed by atoms with Crippen LogP contribution in [0.25, 0.3) is 0 Å². The molecule has 6 nitrogen and oxygen atoms in total. The fourth-order valence-corrected chi connectivity index (χ4v) is 2.54. The van der Waals surface area contributed by atoms with Crippen molar-refractivity contribution in [1.29, 1.82) is 0 Å². The van der Waals surface area contributed by atoms with Gasteiger partial charge in [-0.2, -0.15) is 0 Å². The van der Waals surface area contributed by atoms with Gasteiger partial charge in [0.05, 0.1) is 6.04 Å². The molecule has 1 unspecified atom stereocenters. The molecule has 1 atom stereocenters. The van der Waals surface area contributed by atoms with Gasteiger partial charge < -0.3 is 9.47 Å². The highest BCUT2D eigenvalue weighted by Gasteiger charge is 2.29. The zero-order valence-corrected chi connectivity index (χ0v) is 11.2. The number of hydrogen-bond donors (Lipinski definition) is 1. The topological polar surface area (TPSA) is 67.9 Å². The smallest absolute Gasteiger partial charge is 0.243 e. The summed E-state index contributed by atoms with van der Waals surface area (Å²) in [5.74, 6) is 1.07. The molecule has 1 fully saturated rings. The van der Waals surface area contributed by atoms with E-state index < -0.39 is 0 Å². The van der Waals surface area contributed by atoms with E-state index in [-0.39, 0.29) is 24.6 Å². The highest BCUT2D eigenvalue weighted by atomic mass is 16.7. The Labute approximate surface area is 116 Å². The van der Waals surface area contributed by atoms with Gasteiger partial charge in [0.2, 0.25) is 18.6 Å². The third-order valence-corrected chi connectivity index (χ3v) is 3.61. The Kier molecular flexibility index (Phi) is 3.31. The molecule has 1 N–H and O–H groups in total. The molecule has 1 aromatic carbocycles. The van der Waals surface area contributed by atoms with E-state index in [0.29, 0.717) is 19.4 Å². The fourth-order valence-electron chi connectivity index (χ4n) is 2.54. The summed E-state index contributed by atoms with van der Waals surface area (Å²) in [5.41, 5.74) is 1.04. The third kappa shape index (κ3) is 2.46. The van der Waals surface area contributed by atoms with Crippen molar-refractivity contribution in [3.8, 4) is 11.5 Å². The number of carbonyl (C=O) groups excluding carboxylic acids is 2. The van der Waals surface area contributed by atoms with Crippen molar-refractivity contribution < 1.29 is 19.1 Å². The molecule has 6 heteroatoms. The van der Waals surface area contributed by atoms with E-state index in [1.807, 2.05) is 30.1 Å². The first kappa shape index (κ1) is 12.9. The minimum Gasteiger partial charge on any atom is -0.454 e. The molecule has 3 rings (SSSR count). The predicted molar refractivity (Wildman–Crippen MR) is 70.2 cm³/mol. The SMILES string of the molecule is CN(Cc1ccc2c(c1)OCO2)C1CCC(=O)NC1=O. The normalized spacial score (nSPS) is 21.2. The largest absolute Gasteiger partial charge is 0.454 e. The third-order valence-electron chi connectivity index (χ3n) is 3.61. The molecular weight excluding hydrogens is 260 g/mol. The summed E-state index contributed by atoms with van der Waals surface area (Å²) < 4.78 is 10.6. The molecule has 1 saturated heterocycles. The maximum atomic E-state index is 11.8. The summed E-state index contributed by atoms with van der Waals surface area (Å²) in [6.45, 7) is 0.866. The Morgan fingerprint density at radius 1 is 1.30 bits per heavy atom. The van der Waals surface area contributed by atoms with Crippen molar-refractivity contribution >= 4 is 11.8 Å². The summed E-state index contributed by atoms with van der Waals surface area (Å²) >= 11 is 0. The van der Waals surface area contributed by atoms with Gasteiger partial charge in [-0.3, -0.25) is 19.8 Å². The predicted octanol–water partition coefficient (Wildman–Crippen LogP) is 0.652. The molecule has 0 aliphatic carbocycles. The Bertz CT molecular complexity index is 558. The number of nitrogens with zero attached hydrogens (tertiary/aromatic N) is 1. The van der Waals surface area contributed by atoms with Gasteiger partial charge in [0.1, 0.15) is 0 Å². The first-order valence-electron chi connectivity index (χ1n) is 6.56. The molecule has 1 aromatic rings. The standard InChI is InChI=1S/C14H16N2O4/c1-16(10-3-5-13(17)15-14(10)18)7-9-2-4-11-12(6-9)20-8-19-11/h2,4,6,10H,3,5,7-8H2,1H3,(H,15,17,18). The van der Waals surface area contributed by atoms with Gasteiger partial charge in [0, 0.05) is 13.0 Å². The molecule has 106 valence electrons. The monoisotopic (exact) mass is 276 g/mol. The number of piperidine rings is 1. The zero-order chi connectivity index (χ0) is 14.1. The summed E-state index contributed by atoms with van der Waals surface area (Å²) in [4.78, 5) is 24.9. The quantitative estimate of drug-likeness (QED) is 0.821. The molecule has 0 aromatic heterocycles. The number of hydrogen-bond acceptors (Lipinski definition) is 5. The molecule has 2 heterocycles. The van der Waals surface area contributed by atoms with Crippen molar-refractivity contribution in [3.05, 3.63) is 23.8 Å². The Morgan fingerprint density at radius 2 is 2.10 bits per heavy atom. The van der Waals surface area contributed by atoms with E-state index in [1.54, 1.807) is 0 Å². The second-order valence-corrected chi connectivity index (χ2v) is 5.07. The van der Waals surface area contributed by atoms with Gasteiger partial charge in [-0.1, -0.05) is 6.07 Å². The molecule has 2 aliphatic heterocycles. The Morgan fingerprint density at radius 3 is 2.90 bits per heavy atom. The number of amides is 2. The van der Waals surface area contributed by atoms with E-state index in [1.165, 1.54) is 0 Å². The van der Waals surface area contributed by atoms with Crippen molar-refractivity contribution in [2.45, 2.75) is 25.4 Å². The number of fused-ring (bicyclic) bond motifs is 1. The summed E-state index contributed by atoms with van der Waals surface area (Å²) in [5, 5.41) is 2.37.